The molecular formula is C15H21ClN4O. The van der Waals surface area contributed by atoms with Gasteiger partial charge in [-0.1, -0.05) is 25.1 Å². The second-order valence-corrected chi connectivity index (χ2v) is 4.50. The molecule has 2 N–H and O–H groups in total. The molecule has 5 nitrogen and oxygen atoms in total. The minimum Gasteiger partial charge on any atom is -0.351 e. The number of hydrogen-bond donors (Lipinski definition) is 2. The Morgan fingerprint density at radius 1 is 1.24 bits per heavy atom. The zero-order chi connectivity index (χ0) is 14.4. The molecule has 6 heteroatoms. The van der Waals surface area contributed by atoms with Gasteiger partial charge in [-0.3, -0.25) is 4.79 Å². The van der Waals surface area contributed by atoms with Crippen molar-refractivity contribution >= 4 is 18.3 Å². The van der Waals surface area contributed by atoms with E-state index in [1.54, 1.807) is 10.9 Å². The lowest BCUT2D eigenvalue weighted by Crippen LogP contribution is -2.31. The Hall–Kier alpha value is -1.85. The van der Waals surface area contributed by atoms with E-state index in [2.05, 4.69) is 15.7 Å². The largest absolute Gasteiger partial charge is 0.351 e. The molecule has 0 saturated heterocycles. The van der Waals surface area contributed by atoms with E-state index < -0.39 is 0 Å². The van der Waals surface area contributed by atoms with Crippen LogP contribution in [-0.4, -0.2) is 35.3 Å². The molecule has 0 unspecified atom stereocenters. The number of carbonyl (C=O) groups is 1. The lowest BCUT2D eigenvalue weighted by molar-refractivity contribution is 0.0953. The number of halogens is 1. The van der Waals surface area contributed by atoms with Crippen LogP contribution in [0.15, 0.2) is 36.5 Å². The van der Waals surface area contributed by atoms with E-state index in [9.17, 15) is 4.79 Å². The Kier molecular flexibility index (Phi) is 6.91. The quantitative estimate of drug-likeness (QED) is 0.802. The van der Waals surface area contributed by atoms with Gasteiger partial charge in [-0.15, -0.1) is 12.4 Å². The topological polar surface area (TPSA) is 58.9 Å². The highest BCUT2D eigenvalue weighted by atomic mass is 35.5. The molecule has 0 saturated carbocycles. The summed E-state index contributed by atoms with van der Waals surface area (Å²) in [7, 11) is 0. The summed E-state index contributed by atoms with van der Waals surface area (Å²) in [6.45, 7) is 6.23. The number of aromatic nitrogens is 2. The predicted molar refractivity (Wildman–Crippen MR) is 86.4 cm³/mol. The van der Waals surface area contributed by atoms with Crippen molar-refractivity contribution in [3.05, 3.63) is 47.8 Å². The monoisotopic (exact) mass is 308 g/mol. The van der Waals surface area contributed by atoms with Crippen LogP contribution in [0.4, 0.5) is 0 Å². The zero-order valence-corrected chi connectivity index (χ0v) is 13.1. The molecule has 0 atom stereocenters. The van der Waals surface area contributed by atoms with Gasteiger partial charge in [0.1, 0.15) is 0 Å². The average Bonchev–Trinajstić information content (AvgIpc) is 2.86. The van der Waals surface area contributed by atoms with Crippen LogP contribution in [0, 0.1) is 6.92 Å². The van der Waals surface area contributed by atoms with Crippen molar-refractivity contribution in [3.8, 4) is 5.69 Å². The highest BCUT2D eigenvalue weighted by Crippen LogP contribution is 2.13. The minimum absolute atomic E-state index is 0. The van der Waals surface area contributed by atoms with Crippen LogP contribution in [-0.2, 0) is 0 Å². The smallest absolute Gasteiger partial charge is 0.254 e. The third kappa shape index (κ3) is 4.31. The minimum atomic E-state index is -0.0809. The number of hydrogen-bond acceptors (Lipinski definition) is 3. The van der Waals surface area contributed by atoms with Crippen LogP contribution in [0.25, 0.3) is 5.69 Å². The Labute approximate surface area is 131 Å². The first kappa shape index (κ1) is 17.2. The number of para-hydroxylation sites is 1. The first-order valence-electron chi connectivity index (χ1n) is 6.83. The molecule has 0 aliphatic rings. The van der Waals surface area contributed by atoms with E-state index in [-0.39, 0.29) is 18.3 Å². The SMILES string of the molecule is CCNCCNC(=O)c1cnn(-c2ccccc2)c1C.Cl. The van der Waals surface area contributed by atoms with Crippen molar-refractivity contribution in [2.24, 2.45) is 0 Å². The van der Waals surface area contributed by atoms with E-state index in [0.717, 1.165) is 24.5 Å². The summed E-state index contributed by atoms with van der Waals surface area (Å²) < 4.78 is 1.78. The molecular weight excluding hydrogens is 288 g/mol. The van der Waals surface area contributed by atoms with Gasteiger partial charge in [0.05, 0.1) is 23.1 Å². The van der Waals surface area contributed by atoms with Crippen LogP contribution in [0.1, 0.15) is 23.0 Å². The molecule has 2 rings (SSSR count). The summed E-state index contributed by atoms with van der Waals surface area (Å²) >= 11 is 0. The molecule has 1 amide bonds. The van der Waals surface area contributed by atoms with E-state index in [4.69, 9.17) is 0 Å². The Balaban J connectivity index is 0.00000220. The number of benzene rings is 1. The van der Waals surface area contributed by atoms with Crippen LogP contribution in [0.2, 0.25) is 0 Å². The molecule has 0 radical (unpaired) electrons. The molecule has 1 aromatic carbocycles. The Bertz CT molecular complexity index is 568. The van der Waals surface area contributed by atoms with Crippen LogP contribution >= 0.6 is 12.4 Å². The van der Waals surface area contributed by atoms with E-state index in [0.29, 0.717) is 12.1 Å². The average molecular weight is 309 g/mol. The van der Waals surface area contributed by atoms with Gasteiger partial charge < -0.3 is 10.6 Å². The number of rotatable bonds is 6. The fraction of sp³-hybridized carbons (Fsp3) is 0.333. The van der Waals surface area contributed by atoms with Crippen molar-refractivity contribution < 1.29 is 4.79 Å². The number of nitrogens with one attached hydrogen (secondary N) is 2. The van der Waals surface area contributed by atoms with Gasteiger partial charge in [0.2, 0.25) is 0 Å². The Morgan fingerprint density at radius 2 is 1.95 bits per heavy atom. The molecule has 0 aliphatic heterocycles. The molecule has 0 bridgehead atoms. The third-order valence-corrected chi connectivity index (χ3v) is 3.09. The van der Waals surface area contributed by atoms with E-state index >= 15 is 0 Å². The molecule has 1 heterocycles. The standard InChI is InChI=1S/C15H20N4O.ClH/c1-3-16-9-10-17-15(20)14-11-18-19(12(14)2)13-7-5-4-6-8-13;/h4-8,11,16H,3,9-10H2,1-2H3,(H,17,20);1H. The van der Waals surface area contributed by atoms with Gasteiger partial charge in [-0.05, 0) is 25.6 Å². The lowest BCUT2D eigenvalue weighted by atomic mass is 10.2. The molecule has 114 valence electrons. The summed E-state index contributed by atoms with van der Waals surface area (Å²) in [5.74, 6) is -0.0809. The van der Waals surface area contributed by atoms with Gasteiger partial charge >= 0.3 is 0 Å². The highest BCUT2D eigenvalue weighted by Gasteiger charge is 2.14. The summed E-state index contributed by atoms with van der Waals surface area (Å²) in [4.78, 5) is 12.1. The number of nitrogens with zero attached hydrogens (tertiary/aromatic N) is 2. The number of likely N-dealkylation sites (N-methyl/N-ethyl adjacent to an activating group) is 1. The molecule has 0 aliphatic carbocycles. The maximum Gasteiger partial charge on any atom is 0.254 e. The molecule has 1 aromatic heterocycles. The molecule has 0 fully saturated rings. The third-order valence-electron chi connectivity index (χ3n) is 3.09. The first-order chi connectivity index (χ1) is 9.74. The Morgan fingerprint density at radius 3 is 2.62 bits per heavy atom. The van der Waals surface area contributed by atoms with Gasteiger partial charge in [0.15, 0.2) is 0 Å². The van der Waals surface area contributed by atoms with E-state index in [1.807, 2.05) is 44.2 Å². The summed E-state index contributed by atoms with van der Waals surface area (Å²) in [6.07, 6.45) is 1.62. The second kappa shape index (κ2) is 8.44. The zero-order valence-electron chi connectivity index (χ0n) is 12.3. The van der Waals surface area contributed by atoms with Crippen molar-refractivity contribution in [2.75, 3.05) is 19.6 Å². The summed E-state index contributed by atoms with van der Waals surface area (Å²) in [5, 5.41) is 10.3. The van der Waals surface area contributed by atoms with Gasteiger partial charge in [0, 0.05) is 13.1 Å². The summed E-state index contributed by atoms with van der Waals surface area (Å²) in [5.41, 5.74) is 2.42. The molecule has 2 aromatic rings. The van der Waals surface area contributed by atoms with Gasteiger partial charge in [-0.2, -0.15) is 5.10 Å². The van der Waals surface area contributed by atoms with Crippen molar-refractivity contribution in [1.82, 2.24) is 20.4 Å². The summed E-state index contributed by atoms with van der Waals surface area (Å²) in [6, 6.07) is 9.79. The maximum atomic E-state index is 12.1. The highest BCUT2D eigenvalue weighted by molar-refractivity contribution is 5.95. The second-order valence-electron chi connectivity index (χ2n) is 4.50. The fourth-order valence-electron chi connectivity index (χ4n) is 2.00. The van der Waals surface area contributed by atoms with Crippen LogP contribution in [0.3, 0.4) is 0 Å². The van der Waals surface area contributed by atoms with Crippen molar-refractivity contribution in [2.45, 2.75) is 13.8 Å². The molecule has 21 heavy (non-hydrogen) atoms. The molecule has 0 spiro atoms. The van der Waals surface area contributed by atoms with Gasteiger partial charge in [-0.25, -0.2) is 4.68 Å². The fourth-order valence-corrected chi connectivity index (χ4v) is 2.00. The predicted octanol–water partition coefficient (Wildman–Crippen LogP) is 1.94. The maximum absolute atomic E-state index is 12.1. The van der Waals surface area contributed by atoms with Gasteiger partial charge in [0.25, 0.3) is 5.91 Å². The number of carbonyl (C=O) groups excluding carboxylic acids is 1. The number of amides is 1. The van der Waals surface area contributed by atoms with Crippen molar-refractivity contribution in [1.29, 1.82) is 0 Å². The van der Waals surface area contributed by atoms with Crippen LogP contribution in [0.5, 0.6) is 0 Å². The first-order valence-corrected chi connectivity index (χ1v) is 6.83. The lowest BCUT2D eigenvalue weighted by Gasteiger charge is -2.06. The van der Waals surface area contributed by atoms with E-state index in [1.165, 1.54) is 0 Å². The van der Waals surface area contributed by atoms with Crippen molar-refractivity contribution in [3.63, 3.8) is 0 Å². The normalized spacial score (nSPS) is 10.0. The van der Waals surface area contributed by atoms with Crippen LogP contribution < -0.4 is 10.6 Å².